The summed E-state index contributed by atoms with van der Waals surface area (Å²) < 4.78 is 33.7. The molecule has 0 spiro atoms. The van der Waals surface area contributed by atoms with Gasteiger partial charge in [-0.1, -0.05) is 6.42 Å². The number of hydrogen-bond donors (Lipinski definition) is 1. The Kier molecular flexibility index (Phi) is 6.48. The molecule has 0 bridgehead atoms. The lowest BCUT2D eigenvalue weighted by molar-refractivity contribution is -0.126. The van der Waals surface area contributed by atoms with E-state index in [4.69, 9.17) is 4.42 Å². The second kappa shape index (κ2) is 9.43. The van der Waals surface area contributed by atoms with Crippen LogP contribution in [0.15, 0.2) is 39.6 Å². The van der Waals surface area contributed by atoms with Crippen LogP contribution < -0.4 is 10.2 Å². The minimum absolute atomic E-state index is 0.0374. The highest BCUT2D eigenvalue weighted by atomic mass is 32.2. The Morgan fingerprint density at radius 2 is 1.80 bits per heavy atom. The smallest absolute Gasteiger partial charge is 0.243 e. The molecule has 1 saturated heterocycles. The van der Waals surface area contributed by atoms with Gasteiger partial charge in [-0.05, 0) is 81.8 Å². The number of rotatable bonds is 6. The van der Waals surface area contributed by atoms with Crippen LogP contribution in [0, 0.1) is 18.8 Å². The first-order valence-corrected chi connectivity index (χ1v) is 14.0. The van der Waals surface area contributed by atoms with Gasteiger partial charge in [0.2, 0.25) is 21.8 Å². The van der Waals surface area contributed by atoms with Gasteiger partial charge in [-0.3, -0.25) is 9.59 Å². The maximum Gasteiger partial charge on any atom is 0.243 e. The van der Waals surface area contributed by atoms with Crippen LogP contribution in [0.3, 0.4) is 0 Å². The van der Waals surface area contributed by atoms with E-state index in [2.05, 4.69) is 5.32 Å². The van der Waals surface area contributed by atoms with Gasteiger partial charge in [0.05, 0.1) is 11.4 Å². The summed E-state index contributed by atoms with van der Waals surface area (Å²) in [7, 11) is -3.67. The van der Waals surface area contributed by atoms with Crippen molar-refractivity contribution in [3.63, 3.8) is 0 Å². The zero-order valence-electron chi connectivity index (χ0n) is 20.3. The summed E-state index contributed by atoms with van der Waals surface area (Å²) in [6.07, 6.45) is 4.61. The number of furan rings is 1. The summed E-state index contributed by atoms with van der Waals surface area (Å²) in [4.78, 5) is 27.6. The number of hydrogen-bond acceptors (Lipinski definition) is 5. The predicted octanol–water partition coefficient (Wildman–Crippen LogP) is 3.38. The molecule has 8 nitrogen and oxygen atoms in total. The Bertz CT molecular complexity index is 1230. The van der Waals surface area contributed by atoms with E-state index in [1.54, 1.807) is 18.2 Å². The van der Waals surface area contributed by atoms with E-state index < -0.39 is 10.0 Å². The Balaban J connectivity index is 1.21. The molecule has 5 rings (SSSR count). The number of nitrogens with zero attached hydrogens (tertiary/aromatic N) is 2. The largest absolute Gasteiger partial charge is 0.465 e. The highest BCUT2D eigenvalue weighted by molar-refractivity contribution is 7.89. The zero-order valence-corrected chi connectivity index (χ0v) is 21.1. The molecule has 1 N–H and O–H groups in total. The quantitative estimate of drug-likeness (QED) is 0.657. The number of sulfonamides is 1. The molecule has 1 aromatic carbocycles. The lowest BCUT2D eigenvalue weighted by Gasteiger charge is -2.32. The van der Waals surface area contributed by atoms with Gasteiger partial charge in [-0.25, -0.2) is 8.42 Å². The lowest BCUT2D eigenvalue weighted by Crippen LogP contribution is -2.43. The van der Waals surface area contributed by atoms with Crippen LogP contribution in [0.25, 0.3) is 0 Å². The van der Waals surface area contributed by atoms with Gasteiger partial charge < -0.3 is 14.6 Å². The van der Waals surface area contributed by atoms with Crippen LogP contribution in [0.2, 0.25) is 0 Å². The minimum Gasteiger partial charge on any atom is -0.465 e. The molecule has 188 valence electrons. The van der Waals surface area contributed by atoms with E-state index in [-0.39, 0.29) is 34.6 Å². The molecular formula is C26H33N3O5S. The average molecular weight is 500 g/mol. The van der Waals surface area contributed by atoms with Crippen molar-refractivity contribution in [1.82, 2.24) is 9.62 Å². The third-order valence-electron chi connectivity index (χ3n) is 7.65. The number of benzene rings is 1. The number of carbonyl (C=O) groups excluding carboxylic acids is 2. The number of aryl methyl sites for hydroxylation is 1. The van der Waals surface area contributed by atoms with Gasteiger partial charge in [-0.2, -0.15) is 4.31 Å². The molecule has 2 aliphatic heterocycles. The average Bonchev–Trinajstić information content (AvgIpc) is 3.37. The number of nitrogens with one attached hydrogen (secondary N) is 1. The fraction of sp³-hybridized carbons (Fsp3) is 0.538. The molecule has 2 amide bonds. The predicted molar refractivity (Wildman–Crippen MR) is 131 cm³/mol. The van der Waals surface area contributed by atoms with E-state index in [9.17, 15) is 18.0 Å². The van der Waals surface area contributed by atoms with Gasteiger partial charge in [0, 0.05) is 36.7 Å². The van der Waals surface area contributed by atoms with E-state index in [0.29, 0.717) is 44.7 Å². The van der Waals surface area contributed by atoms with Crippen molar-refractivity contribution in [3.05, 3.63) is 47.4 Å². The van der Waals surface area contributed by atoms with Crippen LogP contribution in [0.1, 0.15) is 56.1 Å². The molecule has 2 aromatic rings. The van der Waals surface area contributed by atoms with Crippen molar-refractivity contribution in [2.75, 3.05) is 18.0 Å². The van der Waals surface area contributed by atoms with Crippen molar-refractivity contribution < 1.29 is 22.4 Å². The molecule has 1 saturated carbocycles. The van der Waals surface area contributed by atoms with Crippen LogP contribution in [-0.4, -0.2) is 43.7 Å². The fourth-order valence-corrected chi connectivity index (χ4v) is 6.88. The molecule has 9 heteroatoms. The maximum absolute atomic E-state index is 13.4. The van der Waals surface area contributed by atoms with Gasteiger partial charge in [-0.15, -0.1) is 0 Å². The molecule has 2 fully saturated rings. The highest BCUT2D eigenvalue weighted by Crippen LogP contribution is 2.38. The van der Waals surface area contributed by atoms with Crippen molar-refractivity contribution in [2.45, 2.75) is 69.9 Å². The minimum atomic E-state index is -3.67. The SMILES string of the molecule is Cc1ccc(CNC(=O)C2CCN(S(=O)(=O)c3ccc4c(c3)C[C@H](C)N4C(=O)C3CCC3)CC2)o1. The second-order valence-corrected chi connectivity index (χ2v) is 12.0. The number of piperidine rings is 1. The first-order valence-electron chi connectivity index (χ1n) is 12.5. The van der Waals surface area contributed by atoms with Crippen LogP contribution >= 0.6 is 0 Å². The van der Waals surface area contributed by atoms with Crippen molar-refractivity contribution >= 4 is 27.5 Å². The Hall–Kier alpha value is -2.65. The van der Waals surface area contributed by atoms with Crippen LogP contribution in [0.5, 0.6) is 0 Å². The second-order valence-electron chi connectivity index (χ2n) is 10.1. The summed E-state index contributed by atoms with van der Waals surface area (Å²) in [5, 5.41) is 2.90. The first kappa shape index (κ1) is 24.1. The molecule has 1 aliphatic carbocycles. The monoisotopic (exact) mass is 499 g/mol. The first-order chi connectivity index (χ1) is 16.7. The highest BCUT2D eigenvalue weighted by Gasteiger charge is 2.38. The molecule has 0 radical (unpaired) electrons. The van der Waals surface area contributed by atoms with Crippen LogP contribution in [0.4, 0.5) is 5.69 Å². The maximum atomic E-state index is 13.4. The summed E-state index contributed by atoms with van der Waals surface area (Å²) in [6, 6.07) is 8.88. The molecule has 0 unspecified atom stereocenters. The van der Waals surface area contributed by atoms with E-state index in [0.717, 1.165) is 36.3 Å². The molecule has 3 heterocycles. The normalized spacial score (nSPS) is 21.5. The Labute approximate surface area is 206 Å². The molecule has 35 heavy (non-hydrogen) atoms. The number of anilines is 1. The van der Waals surface area contributed by atoms with Crippen molar-refractivity contribution in [2.24, 2.45) is 11.8 Å². The molecule has 1 atom stereocenters. The topological polar surface area (TPSA) is 99.9 Å². The van der Waals surface area contributed by atoms with E-state index >= 15 is 0 Å². The number of amides is 2. The van der Waals surface area contributed by atoms with Gasteiger partial charge in [0.15, 0.2) is 0 Å². The summed E-state index contributed by atoms with van der Waals surface area (Å²) in [5.74, 6) is 1.48. The molecule has 3 aliphatic rings. The Morgan fingerprint density at radius 3 is 2.43 bits per heavy atom. The summed E-state index contributed by atoms with van der Waals surface area (Å²) in [5.41, 5.74) is 1.75. The van der Waals surface area contributed by atoms with Crippen LogP contribution in [-0.2, 0) is 32.6 Å². The zero-order chi connectivity index (χ0) is 24.7. The third-order valence-corrected chi connectivity index (χ3v) is 9.55. The van der Waals surface area contributed by atoms with Gasteiger partial charge >= 0.3 is 0 Å². The number of carbonyl (C=O) groups is 2. The summed E-state index contributed by atoms with van der Waals surface area (Å²) in [6.45, 7) is 4.82. The molecule has 1 aromatic heterocycles. The van der Waals surface area contributed by atoms with Gasteiger partial charge in [0.25, 0.3) is 0 Å². The summed E-state index contributed by atoms with van der Waals surface area (Å²) >= 11 is 0. The number of fused-ring (bicyclic) bond motifs is 1. The van der Waals surface area contributed by atoms with Crippen molar-refractivity contribution in [3.8, 4) is 0 Å². The molecular weight excluding hydrogens is 466 g/mol. The standard InChI is InChI=1S/C26H33N3O5S/c1-17-14-21-15-23(8-9-24(21)29(17)26(31)20-4-3-5-20)35(32,33)28-12-10-19(11-13-28)25(30)27-16-22-7-6-18(2)34-22/h6-9,15,17,19-20H,3-5,10-14,16H2,1-2H3,(H,27,30)/t17-/m0/s1. The fourth-order valence-electron chi connectivity index (χ4n) is 5.36. The van der Waals surface area contributed by atoms with Crippen molar-refractivity contribution in [1.29, 1.82) is 0 Å². The van der Waals surface area contributed by atoms with E-state index in [1.165, 1.54) is 4.31 Å². The van der Waals surface area contributed by atoms with E-state index in [1.807, 2.05) is 30.9 Å². The lowest BCUT2D eigenvalue weighted by atomic mass is 9.84. The third kappa shape index (κ3) is 4.63. The van der Waals surface area contributed by atoms with Gasteiger partial charge in [0.1, 0.15) is 11.5 Å². The Morgan fingerprint density at radius 1 is 1.06 bits per heavy atom.